The lowest BCUT2D eigenvalue weighted by atomic mass is 9.84. The highest BCUT2D eigenvalue weighted by Gasteiger charge is 2.20. The van der Waals surface area contributed by atoms with Gasteiger partial charge in [-0.3, -0.25) is 4.79 Å². The van der Waals surface area contributed by atoms with Gasteiger partial charge in [-0.25, -0.2) is 4.39 Å². The Hall–Kier alpha value is -1.22. The van der Waals surface area contributed by atoms with E-state index >= 15 is 0 Å². The van der Waals surface area contributed by atoms with E-state index in [2.05, 4.69) is 5.32 Å². The summed E-state index contributed by atoms with van der Waals surface area (Å²) in [5.41, 5.74) is 0.751. The predicted octanol–water partition coefficient (Wildman–Crippen LogP) is 2.28. The highest BCUT2D eigenvalue weighted by molar-refractivity contribution is 5.77. The number of hydrogen-bond donors (Lipinski definition) is 1. The summed E-state index contributed by atoms with van der Waals surface area (Å²) in [5.74, 6) is -0.118. The van der Waals surface area contributed by atoms with Crippen molar-refractivity contribution in [2.45, 2.75) is 26.2 Å². The topological polar surface area (TPSA) is 29.1 Å². The van der Waals surface area contributed by atoms with Crippen LogP contribution in [-0.2, 0) is 10.2 Å². The van der Waals surface area contributed by atoms with Crippen LogP contribution in [0, 0.1) is 5.82 Å². The number of halogens is 1. The number of benzene rings is 1. The van der Waals surface area contributed by atoms with E-state index in [4.69, 9.17) is 0 Å². The first-order chi connectivity index (χ1) is 7.42. The van der Waals surface area contributed by atoms with E-state index in [0.29, 0.717) is 13.1 Å². The Kier molecular flexibility index (Phi) is 4.19. The van der Waals surface area contributed by atoms with Crippen molar-refractivity contribution in [1.82, 2.24) is 5.32 Å². The lowest BCUT2D eigenvalue weighted by molar-refractivity contribution is -0.116. The summed E-state index contributed by atoms with van der Waals surface area (Å²) in [6.07, 6.45) is 0. The molecule has 1 aromatic carbocycles. The average Bonchev–Trinajstić information content (AvgIpc) is 2.16. The molecule has 0 atom stereocenters. The molecule has 1 N–H and O–H groups in total. The molecule has 0 aliphatic rings. The fraction of sp³-hybridized carbons (Fsp3) is 0.462. The van der Waals surface area contributed by atoms with Gasteiger partial charge in [0.15, 0.2) is 0 Å². The second-order valence-electron chi connectivity index (χ2n) is 4.70. The molecule has 1 aromatic rings. The minimum Gasteiger partial charge on any atom is -0.309 e. The second-order valence-corrected chi connectivity index (χ2v) is 4.70. The minimum absolute atomic E-state index is 0.107. The SMILES string of the molecule is CC(=O)CNCC(C)(C)c1cccc(F)c1. The van der Waals surface area contributed by atoms with Crippen LogP contribution in [-0.4, -0.2) is 18.9 Å². The lowest BCUT2D eigenvalue weighted by Crippen LogP contribution is -2.35. The zero-order valence-corrected chi connectivity index (χ0v) is 10.0. The van der Waals surface area contributed by atoms with Crippen LogP contribution >= 0.6 is 0 Å². The van der Waals surface area contributed by atoms with Gasteiger partial charge in [0, 0.05) is 12.0 Å². The van der Waals surface area contributed by atoms with Gasteiger partial charge >= 0.3 is 0 Å². The maximum Gasteiger partial charge on any atom is 0.143 e. The van der Waals surface area contributed by atoms with Crippen LogP contribution in [0.4, 0.5) is 4.39 Å². The standard InChI is InChI=1S/C13H18FNO/c1-10(16)8-15-9-13(2,3)11-5-4-6-12(14)7-11/h4-7,15H,8-9H2,1-3H3. The summed E-state index contributed by atoms with van der Waals surface area (Å²) in [6.45, 7) is 6.60. The molecule has 0 amide bonds. The Morgan fingerprint density at radius 3 is 2.69 bits per heavy atom. The second kappa shape index (κ2) is 5.21. The monoisotopic (exact) mass is 223 g/mol. The predicted molar refractivity (Wildman–Crippen MR) is 63.0 cm³/mol. The number of ketones is 1. The zero-order chi connectivity index (χ0) is 12.2. The van der Waals surface area contributed by atoms with Crippen molar-refractivity contribution in [2.24, 2.45) is 0 Å². The highest BCUT2D eigenvalue weighted by Crippen LogP contribution is 2.22. The molecular weight excluding hydrogens is 205 g/mol. The zero-order valence-electron chi connectivity index (χ0n) is 10.0. The van der Waals surface area contributed by atoms with Gasteiger partial charge in [-0.05, 0) is 24.6 Å². The summed E-state index contributed by atoms with van der Waals surface area (Å²) in [6, 6.07) is 6.58. The van der Waals surface area contributed by atoms with Crippen LogP contribution in [0.3, 0.4) is 0 Å². The highest BCUT2D eigenvalue weighted by atomic mass is 19.1. The Bertz CT molecular complexity index is 374. The third-order valence-corrected chi connectivity index (χ3v) is 2.55. The van der Waals surface area contributed by atoms with Crippen molar-refractivity contribution in [3.63, 3.8) is 0 Å². The molecule has 88 valence electrons. The maximum absolute atomic E-state index is 13.1. The van der Waals surface area contributed by atoms with Crippen LogP contribution in [0.5, 0.6) is 0 Å². The number of carbonyl (C=O) groups excluding carboxylic acids is 1. The van der Waals surface area contributed by atoms with Crippen LogP contribution in [0.2, 0.25) is 0 Å². The van der Waals surface area contributed by atoms with E-state index in [1.54, 1.807) is 13.0 Å². The lowest BCUT2D eigenvalue weighted by Gasteiger charge is -2.25. The number of rotatable bonds is 5. The smallest absolute Gasteiger partial charge is 0.143 e. The Balaban J connectivity index is 2.66. The normalized spacial score (nSPS) is 11.5. The molecule has 0 aliphatic carbocycles. The van der Waals surface area contributed by atoms with E-state index in [1.807, 2.05) is 19.9 Å². The molecule has 1 rings (SSSR count). The van der Waals surface area contributed by atoms with E-state index in [9.17, 15) is 9.18 Å². The number of nitrogens with one attached hydrogen (secondary N) is 1. The molecule has 2 nitrogen and oxygen atoms in total. The molecule has 0 saturated carbocycles. The number of carbonyl (C=O) groups is 1. The molecule has 0 fully saturated rings. The van der Waals surface area contributed by atoms with Gasteiger partial charge in [-0.1, -0.05) is 26.0 Å². The van der Waals surface area contributed by atoms with Crippen LogP contribution in [0.1, 0.15) is 26.3 Å². The summed E-state index contributed by atoms with van der Waals surface area (Å²) < 4.78 is 13.1. The summed E-state index contributed by atoms with van der Waals surface area (Å²) in [7, 11) is 0. The van der Waals surface area contributed by atoms with Crippen molar-refractivity contribution in [1.29, 1.82) is 0 Å². The quantitative estimate of drug-likeness (QED) is 0.829. The fourth-order valence-corrected chi connectivity index (χ4v) is 1.56. The third-order valence-electron chi connectivity index (χ3n) is 2.55. The molecule has 0 bridgehead atoms. The molecule has 0 spiro atoms. The molecule has 0 radical (unpaired) electrons. The van der Waals surface area contributed by atoms with Gasteiger partial charge in [-0.15, -0.1) is 0 Å². The van der Waals surface area contributed by atoms with Crippen molar-refractivity contribution < 1.29 is 9.18 Å². The molecule has 0 unspecified atom stereocenters. The van der Waals surface area contributed by atoms with Crippen molar-refractivity contribution in [2.75, 3.05) is 13.1 Å². The Labute approximate surface area is 95.9 Å². The number of hydrogen-bond acceptors (Lipinski definition) is 2. The molecule has 0 aromatic heterocycles. The first-order valence-electron chi connectivity index (χ1n) is 5.38. The largest absolute Gasteiger partial charge is 0.309 e. The molecule has 0 heterocycles. The first kappa shape index (κ1) is 12.8. The van der Waals surface area contributed by atoms with Gasteiger partial charge in [0.25, 0.3) is 0 Å². The Morgan fingerprint density at radius 1 is 1.44 bits per heavy atom. The van der Waals surface area contributed by atoms with E-state index in [1.165, 1.54) is 12.1 Å². The molecule has 0 saturated heterocycles. The van der Waals surface area contributed by atoms with Gasteiger partial charge in [-0.2, -0.15) is 0 Å². The van der Waals surface area contributed by atoms with Gasteiger partial charge in [0.1, 0.15) is 11.6 Å². The van der Waals surface area contributed by atoms with Crippen molar-refractivity contribution in [3.05, 3.63) is 35.6 Å². The Morgan fingerprint density at radius 2 is 2.12 bits per heavy atom. The third kappa shape index (κ3) is 3.74. The molecular formula is C13H18FNO. The van der Waals surface area contributed by atoms with Gasteiger partial charge in [0.05, 0.1) is 6.54 Å². The van der Waals surface area contributed by atoms with Crippen LogP contribution in [0.25, 0.3) is 0 Å². The molecule has 0 aliphatic heterocycles. The van der Waals surface area contributed by atoms with Crippen molar-refractivity contribution >= 4 is 5.78 Å². The molecule has 3 heteroatoms. The summed E-state index contributed by atoms with van der Waals surface area (Å²) >= 11 is 0. The minimum atomic E-state index is -0.225. The van der Waals surface area contributed by atoms with E-state index < -0.39 is 0 Å². The van der Waals surface area contributed by atoms with E-state index in [-0.39, 0.29) is 17.0 Å². The first-order valence-corrected chi connectivity index (χ1v) is 5.38. The summed E-state index contributed by atoms with van der Waals surface area (Å²) in [5, 5.41) is 3.07. The maximum atomic E-state index is 13.1. The van der Waals surface area contributed by atoms with Gasteiger partial charge in [0.2, 0.25) is 0 Å². The van der Waals surface area contributed by atoms with Crippen LogP contribution < -0.4 is 5.32 Å². The number of Topliss-reactive ketones (excluding diaryl/α,β-unsaturated/α-hetero) is 1. The molecule has 16 heavy (non-hydrogen) atoms. The average molecular weight is 223 g/mol. The fourth-order valence-electron chi connectivity index (χ4n) is 1.56. The van der Waals surface area contributed by atoms with E-state index in [0.717, 1.165) is 5.56 Å². The van der Waals surface area contributed by atoms with Gasteiger partial charge < -0.3 is 5.32 Å². The summed E-state index contributed by atoms with van der Waals surface area (Å²) in [4.78, 5) is 10.8. The van der Waals surface area contributed by atoms with Crippen molar-refractivity contribution in [3.8, 4) is 0 Å². The van der Waals surface area contributed by atoms with Crippen LogP contribution in [0.15, 0.2) is 24.3 Å².